The molecule has 1 N–H and O–H groups in total. The Kier molecular flexibility index (Phi) is 4.64. The summed E-state index contributed by atoms with van der Waals surface area (Å²) < 4.78 is 5.58. The lowest BCUT2D eigenvalue weighted by Crippen LogP contribution is -2.57. The molecule has 18 heavy (non-hydrogen) atoms. The van der Waals surface area contributed by atoms with Crippen LogP contribution >= 0.6 is 0 Å². The predicted molar refractivity (Wildman–Crippen MR) is 74.9 cm³/mol. The van der Waals surface area contributed by atoms with Crippen LogP contribution in [-0.2, 0) is 4.74 Å². The van der Waals surface area contributed by atoms with Gasteiger partial charge >= 0.3 is 0 Å². The second-order valence-corrected chi connectivity index (χ2v) is 6.36. The van der Waals surface area contributed by atoms with Crippen molar-refractivity contribution < 1.29 is 4.74 Å². The first-order chi connectivity index (χ1) is 8.57. The van der Waals surface area contributed by atoms with Gasteiger partial charge in [-0.15, -0.1) is 0 Å². The molecule has 0 amide bonds. The fourth-order valence-electron chi connectivity index (χ4n) is 3.40. The monoisotopic (exact) mass is 255 g/mol. The zero-order valence-corrected chi connectivity index (χ0v) is 12.4. The molecule has 0 bridgehead atoms. The molecule has 4 heteroatoms. The molecule has 1 saturated heterocycles. The number of nitrogens with zero attached hydrogens (tertiary/aromatic N) is 2. The van der Waals surface area contributed by atoms with E-state index in [0.29, 0.717) is 17.5 Å². The third kappa shape index (κ3) is 2.87. The summed E-state index contributed by atoms with van der Waals surface area (Å²) in [4.78, 5) is 4.93. The summed E-state index contributed by atoms with van der Waals surface area (Å²) in [5.41, 5.74) is 0.434. The van der Waals surface area contributed by atoms with E-state index < -0.39 is 0 Å². The molecule has 1 saturated carbocycles. The Labute approximate surface area is 112 Å². The number of hydrogen-bond acceptors (Lipinski definition) is 4. The van der Waals surface area contributed by atoms with Crippen LogP contribution in [0, 0.1) is 5.92 Å². The van der Waals surface area contributed by atoms with Crippen molar-refractivity contribution in [1.29, 1.82) is 0 Å². The Morgan fingerprint density at radius 3 is 2.44 bits per heavy atom. The van der Waals surface area contributed by atoms with E-state index in [9.17, 15) is 0 Å². The molecule has 2 rings (SSSR count). The molecule has 0 aromatic carbocycles. The van der Waals surface area contributed by atoms with Crippen molar-refractivity contribution in [1.82, 2.24) is 15.1 Å². The standard InChI is InChI=1S/C14H29N3O/c1-15-13-10-18-9-12(13)8-17(4)11-14(16(2)3)6-5-7-14/h12-13,15H,5-11H2,1-4H3. The van der Waals surface area contributed by atoms with Crippen LogP contribution in [-0.4, -0.2) is 75.9 Å². The first kappa shape index (κ1) is 14.3. The topological polar surface area (TPSA) is 27.7 Å². The van der Waals surface area contributed by atoms with E-state index in [-0.39, 0.29) is 0 Å². The third-order valence-electron chi connectivity index (χ3n) is 4.91. The van der Waals surface area contributed by atoms with E-state index in [4.69, 9.17) is 4.74 Å². The number of nitrogens with one attached hydrogen (secondary N) is 1. The van der Waals surface area contributed by atoms with E-state index in [1.165, 1.54) is 25.8 Å². The van der Waals surface area contributed by atoms with Gasteiger partial charge in [0.2, 0.25) is 0 Å². The van der Waals surface area contributed by atoms with Crippen LogP contribution in [0.4, 0.5) is 0 Å². The van der Waals surface area contributed by atoms with E-state index in [0.717, 1.165) is 19.8 Å². The minimum atomic E-state index is 0.434. The highest BCUT2D eigenvalue weighted by Crippen LogP contribution is 2.36. The van der Waals surface area contributed by atoms with E-state index in [2.05, 4.69) is 36.3 Å². The molecule has 1 aliphatic heterocycles. The summed E-state index contributed by atoms with van der Waals surface area (Å²) in [6.45, 7) is 4.10. The number of rotatable bonds is 6. The normalized spacial score (nSPS) is 31.0. The Balaban J connectivity index is 1.82. The molecular weight excluding hydrogens is 226 g/mol. The zero-order valence-electron chi connectivity index (χ0n) is 12.4. The van der Waals surface area contributed by atoms with Crippen molar-refractivity contribution >= 4 is 0 Å². The average molecular weight is 255 g/mol. The number of likely N-dealkylation sites (N-methyl/N-ethyl adjacent to an activating group) is 3. The Morgan fingerprint density at radius 2 is 1.94 bits per heavy atom. The maximum Gasteiger partial charge on any atom is 0.0623 e. The molecule has 0 radical (unpaired) electrons. The lowest BCUT2D eigenvalue weighted by Gasteiger charge is -2.49. The molecule has 2 unspecified atom stereocenters. The molecular formula is C14H29N3O. The second kappa shape index (κ2) is 5.87. The van der Waals surface area contributed by atoms with Crippen LogP contribution in [0.3, 0.4) is 0 Å². The molecule has 2 fully saturated rings. The summed E-state index contributed by atoms with van der Waals surface area (Å²) in [7, 11) is 8.75. The minimum absolute atomic E-state index is 0.434. The van der Waals surface area contributed by atoms with Crippen molar-refractivity contribution in [3.05, 3.63) is 0 Å². The van der Waals surface area contributed by atoms with Crippen LogP contribution in [0.25, 0.3) is 0 Å². The van der Waals surface area contributed by atoms with Gasteiger partial charge in [-0.2, -0.15) is 0 Å². The number of ether oxygens (including phenoxy) is 1. The van der Waals surface area contributed by atoms with Crippen molar-refractivity contribution in [2.75, 3.05) is 54.5 Å². The molecule has 1 aliphatic carbocycles. The highest BCUT2D eigenvalue weighted by Gasteiger charge is 2.40. The first-order valence-corrected chi connectivity index (χ1v) is 7.18. The SMILES string of the molecule is CNC1COCC1CN(C)CC1(N(C)C)CCC1. The van der Waals surface area contributed by atoms with Crippen LogP contribution in [0.5, 0.6) is 0 Å². The average Bonchev–Trinajstić information content (AvgIpc) is 2.70. The zero-order chi connectivity index (χ0) is 13.2. The van der Waals surface area contributed by atoms with Gasteiger partial charge in [-0.3, -0.25) is 0 Å². The van der Waals surface area contributed by atoms with Gasteiger partial charge in [0.25, 0.3) is 0 Å². The first-order valence-electron chi connectivity index (χ1n) is 7.18. The van der Waals surface area contributed by atoms with Gasteiger partial charge in [0.1, 0.15) is 0 Å². The van der Waals surface area contributed by atoms with Gasteiger partial charge in [0, 0.05) is 30.6 Å². The Morgan fingerprint density at radius 1 is 1.22 bits per heavy atom. The van der Waals surface area contributed by atoms with Crippen LogP contribution in [0.2, 0.25) is 0 Å². The van der Waals surface area contributed by atoms with E-state index >= 15 is 0 Å². The molecule has 1 heterocycles. The highest BCUT2D eigenvalue weighted by atomic mass is 16.5. The smallest absolute Gasteiger partial charge is 0.0623 e. The molecule has 2 aliphatic rings. The summed E-state index contributed by atoms with van der Waals surface area (Å²) >= 11 is 0. The van der Waals surface area contributed by atoms with Gasteiger partial charge in [-0.05, 0) is 47.5 Å². The quantitative estimate of drug-likeness (QED) is 0.754. The van der Waals surface area contributed by atoms with Gasteiger partial charge in [0.05, 0.1) is 13.2 Å². The van der Waals surface area contributed by atoms with E-state index in [1.54, 1.807) is 0 Å². The van der Waals surface area contributed by atoms with Gasteiger partial charge in [-0.1, -0.05) is 0 Å². The van der Waals surface area contributed by atoms with Gasteiger partial charge in [-0.25, -0.2) is 0 Å². The largest absolute Gasteiger partial charge is 0.379 e. The second-order valence-electron chi connectivity index (χ2n) is 6.36. The highest BCUT2D eigenvalue weighted by molar-refractivity contribution is 4.98. The van der Waals surface area contributed by atoms with Crippen LogP contribution in [0.1, 0.15) is 19.3 Å². The molecule has 4 nitrogen and oxygen atoms in total. The van der Waals surface area contributed by atoms with Gasteiger partial charge < -0.3 is 19.9 Å². The summed E-state index contributed by atoms with van der Waals surface area (Å²) in [6.07, 6.45) is 4.08. The molecule has 0 aromatic rings. The lowest BCUT2D eigenvalue weighted by atomic mass is 9.75. The maximum absolute atomic E-state index is 5.58. The lowest BCUT2D eigenvalue weighted by molar-refractivity contribution is 0.0230. The van der Waals surface area contributed by atoms with Crippen molar-refractivity contribution in [3.63, 3.8) is 0 Å². The summed E-state index contributed by atoms with van der Waals surface area (Å²) in [5.74, 6) is 0.638. The molecule has 106 valence electrons. The Bertz CT molecular complexity index is 266. The molecule has 2 atom stereocenters. The van der Waals surface area contributed by atoms with Crippen LogP contribution in [0.15, 0.2) is 0 Å². The Hall–Kier alpha value is -0.160. The van der Waals surface area contributed by atoms with Crippen molar-refractivity contribution in [2.45, 2.75) is 30.8 Å². The van der Waals surface area contributed by atoms with Crippen molar-refractivity contribution in [3.8, 4) is 0 Å². The number of hydrogen-bond donors (Lipinski definition) is 1. The summed E-state index contributed by atoms with van der Waals surface area (Å²) in [6, 6.07) is 0.532. The molecule has 0 aromatic heterocycles. The maximum atomic E-state index is 5.58. The predicted octanol–water partition coefficient (Wildman–Crippen LogP) is 0.637. The minimum Gasteiger partial charge on any atom is -0.379 e. The summed E-state index contributed by atoms with van der Waals surface area (Å²) in [5, 5.41) is 3.37. The van der Waals surface area contributed by atoms with Crippen LogP contribution < -0.4 is 5.32 Å². The fraction of sp³-hybridized carbons (Fsp3) is 1.00. The molecule has 0 spiro atoms. The van der Waals surface area contributed by atoms with Gasteiger partial charge in [0.15, 0.2) is 0 Å². The third-order valence-corrected chi connectivity index (χ3v) is 4.91. The van der Waals surface area contributed by atoms with E-state index in [1.807, 2.05) is 7.05 Å². The fourth-order valence-corrected chi connectivity index (χ4v) is 3.40. The van der Waals surface area contributed by atoms with Crippen molar-refractivity contribution in [2.24, 2.45) is 5.92 Å².